The van der Waals surface area contributed by atoms with Crippen LogP contribution >= 0.6 is 0 Å². The molecule has 0 amide bonds. The summed E-state index contributed by atoms with van der Waals surface area (Å²) in [5.74, 6) is 0.00634. The first-order valence-electron chi connectivity index (χ1n) is 12.3. The van der Waals surface area contributed by atoms with Gasteiger partial charge in [-0.3, -0.25) is 4.79 Å². The molecule has 1 aliphatic rings. The molecule has 1 aliphatic heterocycles. The van der Waals surface area contributed by atoms with Crippen LogP contribution < -0.4 is 9.64 Å². The number of nitrogens with zero attached hydrogens (tertiary/aromatic N) is 9. The van der Waals surface area contributed by atoms with Gasteiger partial charge in [0.15, 0.2) is 5.82 Å². The Morgan fingerprint density at radius 3 is 2.89 bits per heavy atom. The molecule has 0 aliphatic carbocycles. The lowest BCUT2D eigenvalue weighted by atomic mass is 9.94. The van der Waals surface area contributed by atoms with E-state index in [1.165, 1.54) is 0 Å². The Morgan fingerprint density at radius 2 is 2.11 bits per heavy atom. The molecule has 12 nitrogen and oxygen atoms in total. The minimum Gasteiger partial charge on any atom is -0.481 e. The fourth-order valence-corrected chi connectivity index (χ4v) is 4.68. The van der Waals surface area contributed by atoms with Crippen molar-refractivity contribution in [2.24, 2.45) is 13.0 Å². The smallest absolute Gasteiger partial charge is 0.318 e. The van der Waals surface area contributed by atoms with Crippen molar-refractivity contribution >= 4 is 11.7 Å². The lowest BCUT2D eigenvalue weighted by molar-refractivity contribution is -0.138. The van der Waals surface area contributed by atoms with Crippen molar-refractivity contribution in [1.29, 1.82) is 0 Å². The van der Waals surface area contributed by atoms with E-state index in [0.29, 0.717) is 17.2 Å². The Hall–Kier alpha value is -4.35. The SMILES string of the molecule is CCc1nc(-c2nnn(C)c2COc2nccc(-n3cccn3)n2)ccc1N1CCC[C@H](CC(=O)O)C1. The first kappa shape index (κ1) is 24.3. The number of ether oxygens (including phenoxy) is 1. The van der Waals surface area contributed by atoms with Crippen LogP contribution in [0.2, 0.25) is 0 Å². The zero-order valence-corrected chi connectivity index (χ0v) is 20.9. The van der Waals surface area contributed by atoms with Crippen LogP contribution in [-0.2, 0) is 24.9 Å². The summed E-state index contributed by atoms with van der Waals surface area (Å²) in [6.45, 7) is 3.85. The maximum Gasteiger partial charge on any atom is 0.318 e. The second-order valence-electron chi connectivity index (χ2n) is 9.01. The van der Waals surface area contributed by atoms with Crippen LogP contribution in [0, 0.1) is 5.92 Å². The Balaban J connectivity index is 1.35. The number of pyridine rings is 1. The van der Waals surface area contributed by atoms with Gasteiger partial charge < -0.3 is 14.7 Å². The summed E-state index contributed by atoms with van der Waals surface area (Å²) in [5, 5.41) is 22.0. The van der Waals surface area contributed by atoms with Gasteiger partial charge in [0.2, 0.25) is 0 Å². The molecule has 1 saturated heterocycles. The van der Waals surface area contributed by atoms with Crippen LogP contribution in [0.15, 0.2) is 42.9 Å². The van der Waals surface area contributed by atoms with E-state index >= 15 is 0 Å². The molecule has 0 bridgehead atoms. The van der Waals surface area contributed by atoms with Crippen LogP contribution in [-0.4, -0.2) is 63.9 Å². The highest BCUT2D eigenvalue weighted by atomic mass is 16.5. The Kier molecular flexibility index (Phi) is 7.06. The summed E-state index contributed by atoms with van der Waals surface area (Å²) in [4.78, 5) is 27.0. The molecule has 1 fully saturated rings. The van der Waals surface area contributed by atoms with Crippen LogP contribution in [0.4, 0.5) is 5.69 Å². The Labute approximate surface area is 214 Å². The first-order valence-corrected chi connectivity index (χ1v) is 12.3. The van der Waals surface area contributed by atoms with Crippen molar-refractivity contribution in [2.75, 3.05) is 18.0 Å². The summed E-state index contributed by atoms with van der Waals surface area (Å²) in [6.07, 6.45) is 7.94. The second-order valence-corrected chi connectivity index (χ2v) is 9.01. The van der Waals surface area contributed by atoms with E-state index in [-0.39, 0.29) is 25.0 Å². The maximum atomic E-state index is 11.2. The van der Waals surface area contributed by atoms with Crippen LogP contribution in [0.5, 0.6) is 6.01 Å². The first-order chi connectivity index (χ1) is 18.0. The van der Waals surface area contributed by atoms with Crippen molar-refractivity contribution in [2.45, 2.75) is 39.2 Å². The number of aryl methyl sites for hydroxylation is 2. The molecule has 5 rings (SSSR count). The molecule has 1 N–H and O–H groups in total. The standard InChI is InChI=1S/C25H29N9O3/c1-3-18-20(33-12-4-6-17(15-33)14-23(35)36)8-7-19(28-18)24-21(32(2)31-30-24)16-37-25-26-11-9-22(29-25)34-13-5-10-27-34/h5,7-11,13,17H,3-4,6,12,14-16H2,1-2H3,(H,35,36)/t17-/m1/s1. The average Bonchev–Trinajstić information content (AvgIpc) is 3.57. The number of carboxylic acid groups (broad SMARTS) is 1. The van der Waals surface area contributed by atoms with E-state index in [9.17, 15) is 9.90 Å². The van der Waals surface area contributed by atoms with E-state index in [2.05, 4.69) is 43.3 Å². The zero-order valence-electron chi connectivity index (χ0n) is 20.9. The third-order valence-electron chi connectivity index (χ3n) is 6.49. The summed E-state index contributed by atoms with van der Waals surface area (Å²) in [7, 11) is 1.81. The third-order valence-corrected chi connectivity index (χ3v) is 6.49. The lowest BCUT2D eigenvalue weighted by Gasteiger charge is -2.34. The normalized spacial score (nSPS) is 15.6. The number of aromatic nitrogens is 8. The van der Waals surface area contributed by atoms with Gasteiger partial charge >= 0.3 is 12.0 Å². The molecule has 5 heterocycles. The lowest BCUT2D eigenvalue weighted by Crippen LogP contribution is -2.37. The summed E-state index contributed by atoms with van der Waals surface area (Å²) < 4.78 is 9.20. The van der Waals surface area contributed by atoms with Gasteiger partial charge in [-0.1, -0.05) is 12.1 Å². The van der Waals surface area contributed by atoms with Gasteiger partial charge in [0.05, 0.1) is 17.1 Å². The van der Waals surface area contributed by atoms with Crippen molar-refractivity contribution in [3.63, 3.8) is 0 Å². The van der Waals surface area contributed by atoms with Gasteiger partial charge in [-0.2, -0.15) is 10.1 Å². The van der Waals surface area contributed by atoms with Crippen molar-refractivity contribution in [3.8, 4) is 23.2 Å². The van der Waals surface area contributed by atoms with E-state index in [1.807, 2.05) is 19.2 Å². The molecule has 1 atom stereocenters. The highest BCUT2D eigenvalue weighted by molar-refractivity contribution is 5.67. The van der Waals surface area contributed by atoms with E-state index in [1.54, 1.807) is 34.0 Å². The maximum absolute atomic E-state index is 11.2. The topological polar surface area (TPSA) is 137 Å². The van der Waals surface area contributed by atoms with Gasteiger partial charge in [-0.15, -0.1) is 5.10 Å². The van der Waals surface area contributed by atoms with E-state index in [0.717, 1.165) is 49.4 Å². The largest absolute Gasteiger partial charge is 0.481 e. The number of rotatable bonds is 9. The molecule has 0 radical (unpaired) electrons. The molecule has 0 saturated carbocycles. The highest BCUT2D eigenvalue weighted by Gasteiger charge is 2.25. The van der Waals surface area contributed by atoms with E-state index < -0.39 is 5.97 Å². The van der Waals surface area contributed by atoms with Gasteiger partial charge in [-0.05, 0) is 43.4 Å². The molecule has 0 spiro atoms. The molecule has 37 heavy (non-hydrogen) atoms. The molecule has 4 aromatic rings. The predicted octanol–water partition coefficient (Wildman–Crippen LogP) is 2.69. The fourth-order valence-electron chi connectivity index (χ4n) is 4.68. The number of hydrogen-bond acceptors (Lipinski definition) is 9. The quantitative estimate of drug-likeness (QED) is 0.363. The van der Waals surface area contributed by atoms with Gasteiger partial charge in [0, 0.05) is 51.2 Å². The minimum absolute atomic E-state index is 0.147. The summed E-state index contributed by atoms with van der Waals surface area (Å²) in [5.41, 5.74) is 4.08. The predicted molar refractivity (Wildman–Crippen MR) is 134 cm³/mol. The molecule has 0 aromatic carbocycles. The molecule has 192 valence electrons. The molecular formula is C25H29N9O3. The summed E-state index contributed by atoms with van der Waals surface area (Å²) >= 11 is 0. The van der Waals surface area contributed by atoms with Crippen LogP contribution in [0.3, 0.4) is 0 Å². The van der Waals surface area contributed by atoms with Crippen LogP contribution in [0.1, 0.15) is 37.6 Å². The number of anilines is 1. The summed E-state index contributed by atoms with van der Waals surface area (Å²) in [6, 6.07) is 7.79. The number of aliphatic carboxylic acids is 1. The van der Waals surface area contributed by atoms with E-state index in [4.69, 9.17) is 9.72 Å². The minimum atomic E-state index is -0.744. The molecule has 12 heteroatoms. The van der Waals surface area contributed by atoms with Crippen molar-refractivity contribution in [3.05, 3.63) is 54.2 Å². The third kappa shape index (κ3) is 5.42. The van der Waals surface area contributed by atoms with Crippen molar-refractivity contribution < 1.29 is 14.6 Å². The number of hydrogen-bond donors (Lipinski definition) is 1. The van der Waals surface area contributed by atoms with Crippen molar-refractivity contribution in [1.82, 2.24) is 39.7 Å². The highest BCUT2D eigenvalue weighted by Crippen LogP contribution is 2.30. The Bertz CT molecular complexity index is 1370. The molecular weight excluding hydrogens is 474 g/mol. The van der Waals surface area contributed by atoms with Crippen LogP contribution in [0.25, 0.3) is 17.2 Å². The second kappa shape index (κ2) is 10.7. The van der Waals surface area contributed by atoms with Gasteiger partial charge in [-0.25, -0.2) is 19.3 Å². The average molecular weight is 504 g/mol. The Morgan fingerprint density at radius 1 is 1.22 bits per heavy atom. The zero-order chi connectivity index (χ0) is 25.8. The number of carboxylic acids is 1. The van der Waals surface area contributed by atoms with Gasteiger partial charge in [0.25, 0.3) is 0 Å². The van der Waals surface area contributed by atoms with Gasteiger partial charge in [0.1, 0.15) is 18.0 Å². The number of carbonyl (C=O) groups is 1. The monoisotopic (exact) mass is 503 g/mol. The number of piperidine rings is 1. The fraction of sp³-hybridized carbons (Fsp3) is 0.400. The molecule has 0 unspecified atom stereocenters. The molecule has 4 aromatic heterocycles.